The van der Waals surface area contributed by atoms with Gasteiger partial charge in [-0.3, -0.25) is 0 Å². The molecule has 10 heavy (non-hydrogen) atoms. The first-order chi connectivity index (χ1) is 4.36. The Morgan fingerprint density at radius 3 is 1.90 bits per heavy atom. The second-order valence-corrected chi connectivity index (χ2v) is 3.27. The van der Waals surface area contributed by atoms with Gasteiger partial charge < -0.3 is 0 Å². The van der Waals surface area contributed by atoms with Crippen molar-refractivity contribution >= 4 is 0 Å². The lowest BCUT2D eigenvalue weighted by Crippen LogP contribution is -2.42. The van der Waals surface area contributed by atoms with E-state index in [1.54, 1.807) is 0 Å². The average Bonchev–Trinajstić information content (AvgIpc) is 1.95. The van der Waals surface area contributed by atoms with Crippen LogP contribution in [0, 0.1) is 0 Å². The van der Waals surface area contributed by atoms with Crippen molar-refractivity contribution in [3.05, 3.63) is 0 Å². The van der Waals surface area contributed by atoms with E-state index in [9.17, 15) is 14.0 Å². The van der Waals surface area contributed by atoms with Gasteiger partial charge in [-0.15, -0.1) is 5.21 Å². The molecule has 0 spiro atoms. The predicted octanol–water partition coefficient (Wildman–Crippen LogP) is 1.80. The van der Waals surface area contributed by atoms with Gasteiger partial charge in [0.15, 0.2) is 0 Å². The van der Waals surface area contributed by atoms with Gasteiger partial charge in [0.25, 0.3) is 0 Å². The number of halogens is 2. The Morgan fingerprint density at radius 2 is 1.80 bits per heavy atom. The van der Waals surface area contributed by atoms with Crippen molar-refractivity contribution in [3.8, 4) is 0 Å². The summed E-state index contributed by atoms with van der Waals surface area (Å²) >= 11 is 0. The number of alkyl halides is 2. The molecule has 0 saturated carbocycles. The van der Waals surface area contributed by atoms with Gasteiger partial charge in [0.1, 0.15) is 0 Å². The highest BCUT2D eigenvalue weighted by atomic mass is 19.3. The topological polar surface area (TPSA) is 23.1 Å². The molecule has 1 rings (SSSR count). The van der Waals surface area contributed by atoms with Crippen LogP contribution in [0.1, 0.15) is 26.7 Å². The quantitative estimate of drug-likeness (QED) is 0.483. The number of nitrogens with zero attached hydrogens (tertiary/aromatic N) is 1. The molecule has 0 aromatic carbocycles. The molecule has 4 heteroatoms. The van der Waals surface area contributed by atoms with Gasteiger partial charge in [0.2, 0.25) is 0 Å². The molecule has 59 valence electrons. The first-order valence-corrected chi connectivity index (χ1v) is 3.21. The zero-order chi connectivity index (χ0) is 7.99. The lowest BCUT2D eigenvalue weighted by Gasteiger charge is -2.25. The van der Waals surface area contributed by atoms with Crippen LogP contribution in [-0.2, 0) is 5.21 Å². The highest BCUT2D eigenvalue weighted by molar-refractivity contribution is 4.88. The van der Waals surface area contributed by atoms with Gasteiger partial charge in [0, 0.05) is 6.42 Å². The van der Waals surface area contributed by atoms with Crippen LogP contribution in [0.3, 0.4) is 0 Å². The lowest BCUT2D eigenvalue weighted by atomic mass is 10.0. The molecule has 0 amide bonds. The third-order valence-electron chi connectivity index (χ3n) is 1.88. The van der Waals surface area contributed by atoms with Crippen LogP contribution in [0.15, 0.2) is 0 Å². The maximum atomic E-state index is 12.4. The van der Waals surface area contributed by atoms with Crippen molar-refractivity contribution in [2.24, 2.45) is 0 Å². The first kappa shape index (κ1) is 7.88. The molecule has 1 aliphatic rings. The van der Waals surface area contributed by atoms with Gasteiger partial charge in [-0.2, -0.15) is 8.78 Å². The van der Waals surface area contributed by atoms with Crippen LogP contribution in [0.4, 0.5) is 8.78 Å². The van der Waals surface area contributed by atoms with E-state index in [4.69, 9.17) is 0 Å². The summed E-state index contributed by atoms with van der Waals surface area (Å²) < 4.78 is 24.9. The fourth-order valence-electron chi connectivity index (χ4n) is 1.10. The van der Waals surface area contributed by atoms with Crippen LogP contribution < -0.4 is 0 Å². The molecule has 1 heterocycles. The summed E-state index contributed by atoms with van der Waals surface area (Å²) in [5.41, 5.74) is -0.885. The molecule has 0 N–H and O–H groups in total. The van der Waals surface area contributed by atoms with Crippen LogP contribution in [0.25, 0.3) is 0 Å². The monoisotopic (exact) mass is 150 g/mol. The second-order valence-electron chi connectivity index (χ2n) is 3.27. The number of hydrogen-bond acceptors (Lipinski definition) is 1. The fourth-order valence-corrected chi connectivity index (χ4v) is 1.10. The van der Waals surface area contributed by atoms with E-state index in [2.05, 4.69) is 0 Å². The number of hydroxylamine groups is 2. The average molecular weight is 150 g/mol. The number of rotatable bonds is 0. The van der Waals surface area contributed by atoms with Gasteiger partial charge in [-0.1, -0.05) is 5.06 Å². The Balaban J connectivity index is 2.77. The van der Waals surface area contributed by atoms with E-state index in [1.165, 1.54) is 13.8 Å². The summed E-state index contributed by atoms with van der Waals surface area (Å²) in [5, 5.41) is 10.6. The van der Waals surface area contributed by atoms with E-state index in [0.29, 0.717) is 0 Å². The van der Waals surface area contributed by atoms with Crippen molar-refractivity contribution in [1.29, 1.82) is 0 Å². The van der Waals surface area contributed by atoms with Gasteiger partial charge in [-0.05, 0) is 20.3 Å². The summed E-state index contributed by atoms with van der Waals surface area (Å²) in [6, 6.07) is -3.14. The normalized spacial score (nSPS) is 30.9. The summed E-state index contributed by atoms with van der Waals surface area (Å²) in [4.78, 5) is 0. The Hall–Kier alpha value is -0.220. The van der Waals surface area contributed by atoms with Crippen molar-refractivity contribution in [2.75, 3.05) is 0 Å². The van der Waals surface area contributed by atoms with Crippen LogP contribution in [0.2, 0.25) is 0 Å². The molecule has 0 aliphatic carbocycles. The molecule has 1 saturated heterocycles. The van der Waals surface area contributed by atoms with Gasteiger partial charge in [0.05, 0.1) is 5.54 Å². The zero-order valence-electron chi connectivity index (χ0n) is 6.03. The second kappa shape index (κ2) is 1.89. The lowest BCUT2D eigenvalue weighted by molar-refractivity contribution is -0.332. The summed E-state index contributed by atoms with van der Waals surface area (Å²) in [7, 11) is 0. The molecule has 0 unspecified atom stereocenters. The van der Waals surface area contributed by atoms with E-state index >= 15 is 0 Å². The van der Waals surface area contributed by atoms with Gasteiger partial charge >= 0.3 is 6.05 Å². The molecule has 0 aromatic heterocycles. The smallest absolute Gasteiger partial charge is 0.186 e. The molecule has 0 bridgehead atoms. The third kappa shape index (κ3) is 1.01. The van der Waals surface area contributed by atoms with Gasteiger partial charge in [-0.25, -0.2) is 0 Å². The molecule has 1 radical (unpaired) electrons. The largest absolute Gasteiger partial charge is 0.328 e. The maximum Gasteiger partial charge on any atom is 0.328 e. The molecular formula is C6H10F2NO. The molecule has 1 aliphatic heterocycles. The maximum absolute atomic E-state index is 12.4. The Labute approximate surface area is 58.4 Å². The van der Waals surface area contributed by atoms with Crippen molar-refractivity contribution in [2.45, 2.75) is 38.3 Å². The van der Waals surface area contributed by atoms with Crippen molar-refractivity contribution in [1.82, 2.24) is 5.06 Å². The minimum absolute atomic E-state index is 0.0972. The molecule has 0 atom stereocenters. The Morgan fingerprint density at radius 1 is 1.30 bits per heavy atom. The summed E-state index contributed by atoms with van der Waals surface area (Å²) in [6.45, 7) is 3.06. The standard InChI is InChI=1S/C6H10F2NO/c1-5(2)3-4-6(7,8)9(5)10/h3-4H2,1-2H3. The highest BCUT2D eigenvalue weighted by Gasteiger charge is 2.52. The Bertz CT molecular complexity index is 131. The fraction of sp³-hybridized carbons (Fsp3) is 1.00. The third-order valence-corrected chi connectivity index (χ3v) is 1.88. The zero-order valence-corrected chi connectivity index (χ0v) is 6.03. The Kier molecular flexibility index (Phi) is 1.49. The summed E-state index contributed by atoms with van der Waals surface area (Å²) in [6.07, 6.45) is -0.0486. The number of hydrogen-bond donors (Lipinski definition) is 0. The molecular weight excluding hydrogens is 140 g/mol. The van der Waals surface area contributed by atoms with E-state index < -0.39 is 11.6 Å². The molecule has 2 nitrogen and oxygen atoms in total. The molecule has 1 fully saturated rings. The van der Waals surface area contributed by atoms with E-state index in [0.717, 1.165) is 0 Å². The van der Waals surface area contributed by atoms with Crippen molar-refractivity contribution < 1.29 is 14.0 Å². The minimum atomic E-state index is -3.14. The summed E-state index contributed by atoms with van der Waals surface area (Å²) in [5.74, 6) is 0. The van der Waals surface area contributed by atoms with Crippen molar-refractivity contribution in [3.63, 3.8) is 0 Å². The van der Waals surface area contributed by atoms with E-state index in [-0.39, 0.29) is 17.9 Å². The van der Waals surface area contributed by atoms with Crippen LogP contribution >= 0.6 is 0 Å². The van der Waals surface area contributed by atoms with E-state index in [1.807, 2.05) is 0 Å². The SMILES string of the molecule is CC1(C)CCC(F)(F)N1[O]. The van der Waals surface area contributed by atoms with Crippen LogP contribution in [0.5, 0.6) is 0 Å². The predicted molar refractivity (Wildman–Crippen MR) is 30.8 cm³/mol. The minimum Gasteiger partial charge on any atom is -0.186 e. The molecule has 0 aromatic rings. The van der Waals surface area contributed by atoms with Crippen LogP contribution in [-0.4, -0.2) is 16.6 Å². The highest BCUT2D eigenvalue weighted by Crippen LogP contribution is 2.41. The first-order valence-electron chi connectivity index (χ1n) is 3.21.